The second kappa shape index (κ2) is 5.98. The monoisotopic (exact) mass is 285 g/mol. The first-order valence-corrected chi connectivity index (χ1v) is 7.80. The molecule has 1 aromatic carbocycles. The Balaban J connectivity index is 1.92. The molecule has 0 radical (unpaired) electrons. The van der Waals surface area contributed by atoms with Crippen LogP contribution in [0.2, 0.25) is 0 Å². The van der Waals surface area contributed by atoms with Crippen molar-refractivity contribution in [2.45, 2.75) is 50.5 Å². The molecule has 1 unspecified atom stereocenters. The third kappa shape index (κ3) is 2.72. The lowest BCUT2D eigenvalue weighted by molar-refractivity contribution is 0.350. The number of benzene rings is 1. The van der Waals surface area contributed by atoms with E-state index in [9.17, 15) is 0 Å². The van der Waals surface area contributed by atoms with Crippen LogP contribution in [0.3, 0.4) is 0 Å². The largest absolute Gasteiger partial charge is 0.339 e. The molecule has 2 aromatic rings. The van der Waals surface area contributed by atoms with Gasteiger partial charge in [-0.05, 0) is 32.4 Å². The minimum atomic E-state index is -0.0497. The van der Waals surface area contributed by atoms with Crippen molar-refractivity contribution in [3.63, 3.8) is 0 Å². The summed E-state index contributed by atoms with van der Waals surface area (Å²) in [7, 11) is 1.95. The van der Waals surface area contributed by atoms with E-state index >= 15 is 0 Å². The molecule has 1 atom stereocenters. The van der Waals surface area contributed by atoms with Gasteiger partial charge in [0, 0.05) is 12.5 Å². The molecule has 1 fully saturated rings. The molecule has 4 nitrogen and oxygen atoms in total. The Hall–Kier alpha value is -1.68. The zero-order chi connectivity index (χ0) is 14.7. The Morgan fingerprint density at radius 2 is 1.95 bits per heavy atom. The molecule has 1 aliphatic carbocycles. The third-order valence-electron chi connectivity index (χ3n) is 4.65. The molecule has 1 aromatic heterocycles. The number of rotatable bonds is 5. The molecule has 1 saturated carbocycles. The normalized spacial score (nSPS) is 18.8. The molecule has 1 heterocycles. The van der Waals surface area contributed by atoms with Crippen molar-refractivity contribution in [3.8, 4) is 0 Å². The maximum absolute atomic E-state index is 5.49. The third-order valence-corrected chi connectivity index (χ3v) is 4.65. The molecule has 1 aliphatic rings. The highest BCUT2D eigenvalue weighted by atomic mass is 16.5. The van der Waals surface area contributed by atoms with Crippen LogP contribution in [0.1, 0.15) is 49.9 Å². The molecule has 0 saturated heterocycles. The van der Waals surface area contributed by atoms with Crippen LogP contribution in [0.5, 0.6) is 0 Å². The Morgan fingerprint density at radius 1 is 1.24 bits per heavy atom. The van der Waals surface area contributed by atoms with Gasteiger partial charge in [-0.15, -0.1) is 0 Å². The number of nitrogens with zero attached hydrogens (tertiary/aromatic N) is 2. The van der Waals surface area contributed by atoms with Gasteiger partial charge < -0.3 is 9.84 Å². The first kappa shape index (κ1) is 14.3. The van der Waals surface area contributed by atoms with Crippen molar-refractivity contribution in [3.05, 3.63) is 47.6 Å². The summed E-state index contributed by atoms with van der Waals surface area (Å²) in [6.45, 7) is 2.12. The van der Waals surface area contributed by atoms with Crippen LogP contribution in [0, 0.1) is 0 Å². The van der Waals surface area contributed by atoms with Crippen LogP contribution < -0.4 is 5.32 Å². The van der Waals surface area contributed by atoms with Gasteiger partial charge in [0.1, 0.15) is 0 Å². The van der Waals surface area contributed by atoms with E-state index in [0.29, 0.717) is 6.04 Å². The highest BCUT2D eigenvalue weighted by Crippen LogP contribution is 2.45. The number of hydrogen-bond donors (Lipinski definition) is 1. The van der Waals surface area contributed by atoms with Gasteiger partial charge in [0.15, 0.2) is 5.82 Å². The molecular weight excluding hydrogens is 262 g/mol. The van der Waals surface area contributed by atoms with E-state index < -0.39 is 0 Å². The average molecular weight is 285 g/mol. The first-order valence-electron chi connectivity index (χ1n) is 7.80. The SMILES string of the molecule is CNC(C)Cc1nc(C2(c3ccccc3)CCCC2)no1. The van der Waals surface area contributed by atoms with E-state index in [1.54, 1.807) is 0 Å². The van der Waals surface area contributed by atoms with E-state index in [0.717, 1.165) is 31.0 Å². The smallest absolute Gasteiger partial charge is 0.228 e. The zero-order valence-electron chi connectivity index (χ0n) is 12.8. The molecular formula is C17H23N3O. The molecule has 1 N–H and O–H groups in total. The van der Waals surface area contributed by atoms with Crippen molar-refractivity contribution in [2.75, 3.05) is 7.05 Å². The lowest BCUT2D eigenvalue weighted by Crippen LogP contribution is -2.26. The van der Waals surface area contributed by atoms with E-state index in [4.69, 9.17) is 9.51 Å². The van der Waals surface area contributed by atoms with Gasteiger partial charge in [-0.2, -0.15) is 4.98 Å². The summed E-state index contributed by atoms with van der Waals surface area (Å²) < 4.78 is 5.49. The summed E-state index contributed by atoms with van der Waals surface area (Å²) in [5.41, 5.74) is 1.27. The van der Waals surface area contributed by atoms with E-state index in [1.807, 2.05) is 7.05 Å². The van der Waals surface area contributed by atoms with Gasteiger partial charge in [-0.1, -0.05) is 48.3 Å². The van der Waals surface area contributed by atoms with Crippen LogP contribution in [-0.2, 0) is 11.8 Å². The summed E-state index contributed by atoms with van der Waals surface area (Å²) >= 11 is 0. The van der Waals surface area contributed by atoms with Crippen molar-refractivity contribution < 1.29 is 4.52 Å². The Kier molecular flexibility index (Phi) is 4.06. The molecule has 0 spiro atoms. The second-order valence-electron chi connectivity index (χ2n) is 6.06. The lowest BCUT2D eigenvalue weighted by Gasteiger charge is -2.25. The summed E-state index contributed by atoms with van der Waals surface area (Å²) in [4.78, 5) is 4.71. The number of nitrogens with one attached hydrogen (secondary N) is 1. The molecule has 0 aliphatic heterocycles. The van der Waals surface area contributed by atoms with Crippen LogP contribution in [0.4, 0.5) is 0 Å². The fourth-order valence-electron chi connectivity index (χ4n) is 3.27. The number of hydrogen-bond acceptors (Lipinski definition) is 4. The topological polar surface area (TPSA) is 51.0 Å². The van der Waals surface area contributed by atoms with Crippen LogP contribution in [-0.4, -0.2) is 23.2 Å². The molecule has 0 bridgehead atoms. The Morgan fingerprint density at radius 3 is 2.62 bits per heavy atom. The molecule has 0 amide bonds. The second-order valence-corrected chi connectivity index (χ2v) is 6.06. The molecule has 112 valence electrons. The Labute approximate surface area is 126 Å². The minimum Gasteiger partial charge on any atom is -0.339 e. The van der Waals surface area contributed by atoms with E-state index in [1.165, 1.54) is 18.4 Å². The van der Waals surface area contributed by atoms with Crippen molar-refractivity contribution in [1.29, 1.82) is 0 Å². The summed E-state index contributed by atoms with van der Waals surface area (Å²) in [5, 5.41) is 7.53. The van der Waals surface area contributed by atoms with Gasteiger partial charge in [0.25, 0.3) is 0 Å². The first-order chi connectivity index (χ1) is 10.2. The highest BCUT2D eigenvalue weighted by molar-refractivity contribution is 5.33. The van der Waals surface area contributed by atoms with Crippen molar-refractivity contribution >= 4 is 0 Å². The Bertz CT molecular complexity index is 573. The summed E-state index contributed by atoms with van der Waals surface area (Å²) in [5.74, 6) is 1.60. The average Bonchev–Trinajstić information content (AvgIpc) is 3.17. The highest BCUT2D eigenvalue weighted by Gasteiger charge is 2.41. The van der Waals surface area contributed by atoms with E-state index in [-0.39, 0.29) is 5.41 Å². The summed E-state index contributed by atoms with van der Waals surface area (Å²) in [6, 6.07) is 11.0. The van der Waals surface area contributed by atoms with Gasteiger partial charge >= 0.3 is 0 Å². The maximum atomic E-state index is 5.49. The quantitative estimate of drug-likeness (QED) is 0.917. The van der Waals surface area contributed by atoms with Crippen LogP contribution in [0.25, 0.3) is 0 Å². The minimum absolute atomic E-state index is 0.0497. The zero-order valence-corrected chi connectivity index (χ0v) is 12.8. The van der Waals surface area contributed by atoms with Gasteiger partial charge in [0.2, 0.25) is 5.89 Å². The number of aromatic nitrogens is 2. The van der Waals surface area contributed by atoms with Gasteiger partial charge in [0.05, 0.1) is 5.41 Å². The van der Waals surface area contributed by atoms with Gasteiger partial charge in [-0.25, -0.2) is 0 Å². The molecule has 21 heavy (non-hydrogen) atoms. The molecule has 4 heteroatoms. The standard InChI is InChI=1S/C17H23N3O/c1-13(18-2)12-15-19-16(20-21-15)17(10-6-7-11-17)14-8-4-3-5-9-14/h3-5,8-9,13,18H,6-7,10-12H2,1-2H3. The predicted octanol–water partition coefficient (Wildman–Crippen LogP) is 3.08. The van der Waals surface area contributed by atoms with Crippen molar-refractivity contribution in [1.82, 2.24) is 15.5 Å². The summed E-state index contributed by atoms with van der Waals surface area (Å²) in [6.07, 6.45) is 5.45. The predicted molar refractivity (Wildman–Crippen MR) is 82.2 cm³/mol. The van der Waals surface area contributed by atoms with Gasteiger partial charge in [-0.3, -0.25) is 0 Å². The van der Waals surface area contributed by atoms with Crippen LogP contribution in [0.15, 0.2) is 34.9 Å². The molecule has 3 rings (SSSR count). The van der Waals surface area contributed by atoms with E-state index in [2.05, 4.69) is 47.7 Å². The fraction of sp³-hybridized carbons (Fsp3) is 0.529. The van der Waals surface area contributed by atoms with Crippen LogP contribution >= 0.6 is 0 Å². The number of likely N-dealkylation sites (N-methyl/N-ethyl adjacent to an activating group) is 1. The fourth-order valence-corrected chi connectivity index (χ4v) is 3.27. The maximum Gasteiger partial charge on any atom is 0.228 e. The lowest BCUT2D eigenvalue weighted by atomic mass is 9.78. The van der Waals surface area contributed by atoms with Crippen molar-refractivity contribution in [2.24, 2.45) is 0 Å².